The fourth-order valence-corrected chi connectivity index (χ4v) is 2.90. The maximum Gasteiger partial charge on any atom is 0.130 e. The van der Waals surface area contributed by atoms with E-state index in [2.05, 4.69) is 32.0 Å². The lowest BCUT2D eigenvalue weighted by molar-refractivity contribution is 0.475. The Labute approximate surface area is 141 Å². The van der Waals surface area contributed by atoms with Crippen LogP contribution in [0.15, 0.2) is 48.5 Å². The van der Waals surface area contributed by atoms with Crippen LogP contribution in [0.4, 0.5) is 0 Å². The maximum atomic E-state index is 6.07. The highest BCUT2D eigenvalue weighted by molar-refractivity contribution is 5.40. The summed E-state index contributed by atoms with van der Waals surface area (Å²) in [5.74, 6) is 1.92. The molecule has 0 fully saturated rings. The van der Waals surface area contributed by atoms with Gasteiger partial charge in [-0.25, -0.2) is 0 Å². The van der Waals surface area contributed by atoms with E-state index in [0.29, 0.717) is 0 Å². The van der Waals surface area contributed by atoms with Crippen molar-refractivity contribution in [1.82, 2.24) is 0 Å². The molecule has 0 aromatic heterocycles. The van der Waals surface area contributed by atoms with Gasteiger partial charge in [-0.05, 0) is 48.6 Å². The minimum atomic E-state index is 0.914. The van der Waals surface area contributed by atoms with Crippen LogP contribution in [0.1, 0.15) is 63.5 Å². The summed E-state index contributed by atoms with van der Waals surface area (Å²) in [4.78, 5) is 0. The SMILES string of the molecule is CCCCCCCc1ccc(Oc2ccccc2)c(CCC)c1. The second-order valence-electron chi connectivity index (χ2n) is 6.27. The summed E-state index contributed by atoms with van der Waals surface area (Å²) in [6.45, 7) is 4.49. The van der Waals surface area contributed by atoms with E-state index in [1.54, 1.807) is 0 Å². The lowest BCUT2D eigenvalue weighted by atomic mass is 10.0. The van der Waals surface area contributed by atoms with E-state index in [1.807, 2.05) is 30.3 Å². The van der Waals surface area contributed by atoms with Crippen molar-refractivity contribution >= 4 is 0 Å². The third-order valence-electron chi connectivity index (χ3n) is 4.18. The van der Waals surface area contributed by atoms with Crippen LogP contribution < -0.4 is 4.74 Å². The third kappa shape index (κ3) is 6.09. The van der Waals surface area contributed by atoms with Gasteiger partial charge >= 0.3 is 0 Å². The molecule has 0 radical (unpaired) electrons. The zero-order chi connectivity index (χ0) is 16.3. The molecule has 1 nitrogen and oxygen atoms in total. The smallest absolute Gasteiger partial charge is 0.130 e. The summed E-state index contributed by atoms with van der Waals surface area (Å²) in [6, 6.07) is 16.8. The van der Waals surface area contributed by atoms with Crippen LogP contribution in [0.3, 0.4) is 0 Å². The number of aryl methyl sites for hydroxylation is 2. The van der Waals surface area contributed by atoms with Gasteiger partial charge in [0.25, 0.3) is 0 Å². The minimum absolute atomic E-state index is 0.914. The van der Waals surface area contributed by atoms with E-state index in [-0.39, 0.29) is 0 Å². The summed E-state index contributed by atoms with van der Waals surface area (Å²) in [5, 5.41) is 0. The Balaban J connectivity index is 1.99. The van der Waals surface area contributed by atoms with Crippen molar-refractivity contribution in [3.05, 3.63) is 59.7 Å². The first kappa shape index (κ1) is 17.6. The van der Waals surface area contributed by atoms with Crippen molar-refractivity contribution in [1.29, 1.82) is 0 Å². The van der Waals surface area contributed by atoms with Crippen LogP contribution >= 0.6 is 0 Å². The van der Waals surface area contributed by atoms with Gasteiger partial charge in [-0.15, -0.1) is 0 Å². The summed E-state index contributed by atoms with van der Waals surface area (Å²) < 4.78 is 6.07. The molecule has 2 aromatic rings. The van der Waals surface area contributed by atoms with Crippen LogP contribution in [-0.4, -0.2) is 0 Å². The average molecular weight is 310 g/mol. The van der Waals surface area contributed by atoms with E-state index < -0.39 is 0 Å². The predicted molar refractivity (Wildman–Crippen MR) is 99.4 cm³/mol. The van der Waals surface area contributed by atoms with Crippen molar-refractivity contribution in [3.63, 3.8) is 0 Å². The first-order valence-electron chi connectivity index (χ1n) is 9.18. The zero-order valence-electron chi connectivity index (χ0n) is 14.7. The molecule has 2 rings (SSSR count). The number of rotatable bonds is 10. The molecule has 0 aliphatic heterocycles. The van der Waals surface area contributed by atoms with Crippen molar-refractivity contribution in [2.75, 3.05) is 0 Å². The summed E-state index contributed by atoms with van der Waals surface area (Å²) in [6.07, 6.45) is 10.1. The minimum Gasteiger partial charge on any atom is -0.457 e. The van der Waals surface area contributed by atoms with Gasteiger partial charge in [0.05, 0.1) is 0 Å². The van der Waals surface area contributed by atoms with Gasteiger partial charge in [-0.3, -0.25) is 0 Å². The second kappa shape index (κ2) is 10.1. The largest absolute Gasteiger partial charge is 0.457 e. The van der Waals surface area contributed by atoms with Crippen molar-refractivity contribution < 1.29 is 4.74 Å². The Morgan fingerprint density at radius 3 is 2.26 bits per heavy atom. The summed E-state index contributed by atoms with van der Waals surface area (Å²) in [5.41, 5.74) is 2.78. The molecule has 0 N–H and O–H groups in total. The van der Waals surface area contributed by atoms with Gasteiger partial charge in [0.15, 0.2) is 0 Å². The van der Waals surface area contributed by atoms with E-state index in [4.69, 9.17) is 4.74 Å². The van der Waals surface area contributed by atoms with Crippen molar-refractivity contribution in [2.45, 2.75) is 65.2 Å². The third-order valence-corrected chi connectivity index (χ3v) is 4.18. The van der Waals surface area contributed by atoms with E-state index >= 15 is 0 Å². The molecule has 124 valence electrons. The predicted octanol–water partition coefficient (Wildman–Crippen LogP) is 6.94. The first-order chi connectivity index (χ1) is 11.3. The molecule has 1 heteroatoms. The highest BCUT2D eigenvalue weighted by Crippen LogP contribution is 2.28. The number of ether oxygens (including phenoxy) is 1. The first-order valence-corrected chi connectivity index (χ1v) is 9.18. The fraction of sp³-hybridized carbons (Fsp3) is 0.455. The van der Waals surface area contributed by atoms with Crippen LogP contribution in [0.2, 0.25) is 0 Å². The monoisotopic (exact) mass is 310 g/mol. The molecule has 0 bridgehead atoms. The summed E-state index contributed by atoms with van der Waals surface area (Å²) >= 11 is 0. The van der Waals surface area contributed by atoms with Crippen molar-refractivity contribution in [3.8, 4) is 11.5 Å². The van der Waals surface area contributed by atoms with Gasteiger partial charge in [0, 0.05) is 0 Å². The topological polar surface area (TPSA) is 9.23 Å². The average Bonchev–Trinajstić information content (AvgIpc) is 2.58. The quantitative estimate of drug-likeness (QED) is 0.432. The Bertz CT molecular complexity index is 559. The highest BCUT2D eigenvalue weighted by atomic mass is 16.5. The molecule has 0 atom stereocenters. The summed E-state index contributed by atoms with van der Waals surface area (Å²) in [7, 11) is 0. The van der Waals surface area contributed by atoms with Gasteiger partial charge in [0.2, 0.25) is 0 Å². The van der Waals surface area contributed by atoms with Crippen molar-refractivity contribution in [2.24, 2.45) is 0 Å². The standard InChI is InChI=1S/C22H30O/c1-3-5-6-7-9-13-19-16-17-22(20(18-19)12-4-2)23-21-14-10-8-11-15-21/h8,10-11,14-18H,3-7,9,12-13H2,1-2H3. The lowest BCUT2D eigenvalue weighted by Crippen LogP contribution is -1.95. The Kier molecular flexibility index (Phi) is 7.72. The lowest BCUT2D eigenvalue weighted by Gasteiger charge is -2.13. The molecule has 0 amide bonds. The molecule has 0 spiro atoms. The molecule has 0 aliphatic carbocycles. The van der Waals surface area contributed by atoms with Crippen LogP contribution in [0.25, 0.3) is 0 Å². The number of para-hydroxylation sites is 1. The van der Waals surface area contributed by atoms with Gasteiger partial charge in [-0.2, -0.15) is 0 Å². The number of unbranched alkanes of at least 4 members (excludes halogenated alkanes) is 4. The Morgan fingerprint density at radius 1 is 0.739 bits per heavy atom. The number of hydrogen-bond donors (Lipinski definition) is 0. The fourth-order valence-electron chi connectivity index (χ4n) is 2.90. The molecular weight excluding hydrogens is 280 g/mol. The van der Waals surface area contributed by atoms with Gasteiger partial charge in [-0.1, -0.05) is 76.3 Å². The molecule has 0 aliphatic rings. The van der Waals surface area contributed by atoms with Gasteiger partial charge < -0.3 is 4.74 Å². The zero-order valence-corrected chi connectivity index (χ0v) is 14.7. The molecule has 0 saturated heterocycles. The number of hydrogen-bond acceptors (Lipinski definition) is 1. The highest BCUT2D eigenvalue weighted by Gasteiger charge is 2.06. The number of benzene rings is 2. The molecule has 0 unspecified atom stereocenters. The van der Waals surface area contributed by atoms with Crippen LogP contribution in [-0.2, 0) is 12.8 Å². The van der Waals surface area contributed by atoms with E-state index in [9.17, 15) is 0 Å². The molecule has 23 heavy (non-hydrogen) atoms. The molecule has 0 saturated carbocycles. The second-order valence-corrected chi connectivity index (χ2v) is 6.27. The van der Waals surface area contributed by atoms with Gasteiger partial charge in [0.1, 0.15) is 11.5 Å². The van der Waals surface area contributed by atoms with Crippen LogP contribution in [0, 0.1) is 0 Å². The maximum absolute atomic E-state index is 6.07. The molecular formula is C22H30O. The van der Waals surface area contributed by atoms with Crippen LogP contribution in [0.5, 0.6) is 11.5 Å². The van der Waals surface area contributed by atoms with E-state index in [0.717, 1.165) is 24.3 Å². The molecule has 0 heterocycles. The molecule has 2 aromatic carbocycles. The Morgan fingerprint density at radius 2 is 1.52 bits per heavy atom. The van der Waals surface area contributed by atoms with E-state index in [1.165, 1.54) is 49.7 Å². The Hall–Kier alpha value is -1.76. The normalized spacial score (nSPS) is 10.7.